The predicted molar refractivity (Wildman–Crippen MR) is 73.0 cm³/mol. The molecule has 0 aliphatic rings. The summed E-state index contributed by atoms with van der Waals surface area (Å²) in [5.74, 6) is 0.511. The lowest BCUT2D eigenvalue weighted by molar-refractivity contribution is -0.113. The van der Waals surface area contributed by atoms with Crippen LogP contribution in [-0.4, -0.2) is 29.1 Å². The Morgan fingerprint density at radius 3 is 2.94 bits per heavy atom. The second kappa shape index (κ2) is 7.23. The number of hydrogen-bond donors (Lipinski definition) is 3. The van der Waals surface area contributed by atoms with Crippen LogP contribution in [-0.2, 0) is 4.79 Å². The normalized spacial score (nSPS) is 12.2. The van der Waals surface area contributed by atoms with Gasteiger partial charge in [-0.25, -0.2) is 4.39 Å². The number of nitrogens with one attached hydrogen (secondary N) is 1. The number of nitrogens with two attached hydrogens (primary N) is 1. The highest BCUT2D eigenvalue weighted by molar-refractivity contribution is 7.99. The van der Waals surface area contributed by atoms with Gasteiger partial charge in [0.1, 0.15) is 5.82 Å². The number of aliphatic hydroxyl groups excluding tert-OH is 1. The average Bonchev–Trinajstić information content (AvgIpc) is 2.33. The maximum atomic E-state index is 12.9. The largest absolute Gasteiger partial charge is 0.396 e. The van der Waals surface area contributed by atoms with E-state index in [0.29, 0.717) is 11.4 Å². The van der Waals surface area contributed by atoms with Gasteiger partial charge in [-0.3, -0.25) is 4.79 Å². The fraction of sp³-hybridized carbons (Fsp3) is 0.417. The van der Waals surface area contributed by atoms with Crippen LogP contribution in [0.15, 0.2) is 18.2 Å². The van der Waals surface area contributed by atoms with E-state index in [2.05, 4.69) is 5.32 Å². The van der Waals surface area contributed by atoms with Crippen LogP contribution in [0.25, 0.3) is 0 Å². The Kier molecular flexibility index (Phi) is 5.94. The summed E-state index contributed by atoms with van der Waals surface area (Å²) in [4.78, 5) is 11.5. The molecule has 100 valence electrons. The minimum Gasteiger partial charge on any atom is -0.396 e. The molecule has 0 heterocycles. The fourth-order valence-electron chi connectivity index (χ4n) is 1.22. The highest BCUT2D eigenvalue weighted by Crippen LogP contribution is 2.16. The smallest absolute Gasteiger partial charge is 0.234 e. The van der Waals surface area contributed by atoms with Crippen molar-refractivity contribution >= 4 is 29.0 Å². The molecule has 0 aromatic heterocycles. The van der Waals surface area contributed by atoms with E-state index < -0.39 is 5.82 Å². The van der Waals surface area contributed by atoms with Gasteiger partial charge in [0.05, 0.1) is 11.4 Å². The number of hydrogen-bond acceptors (Lipinski definition) is 4. The van der Waals surface area contributed by atoms with Gasteiger partial charge in [0, 0.05) is 12.3 Å². The molecule has 0 spiro atoms. The van der Waals surface area contributed by atoms with Crippen molar-refractivity contribution < 1.29 is 14.3 Å². The third-order valence-corrected chi connectivity index (χ3v) is 3.50. The van der Waals surface area contributed by atoms with Gasteiger partial charge in [-0.1, -0.05) is 6.92 Å². The Morgan fingerprint density at radius 1 is 1.61 bits per heavy atom. The van der Waals surface area contributed by atoms with Crippen LogP contribution in [0.1, 0.15) is 6.92 Å². The third-order valence-electron chi connectivity index (χ3n) is 2.23. The molecule has 0 radical (unpaired) electrons. The molecule has 6 heteroatoms. The van der Waals surface area contributed by atoms with Crippen LogP contribution in [0.2, 0.25) is 0 Å². The van der Waals surface area contributed by atoms with Crippen LogP contribution in [0.3, 0.4) is 0 Å². The zero-order valence-electron chi connectivity index (χ0n) is 10.1. The van der Waals surface area contributed by atoms with Gasteiger partial charge >= 0.3 is 0 Å². The van der Waals surface area contributed by atoms with E-state index in [1.165, 1.54) is 30.0 Å². The summed E-state index contributed by atoms with van der Waals surface area (Å²) < 4.78 is 12.9. The van der Waals surface area contributed by atoms with Gasteiger partial charge in [-0.15, -0.1) is 0 Å². The topological polar surface area (TPSA) is 75.3 Å². The van der Waals surface area contributed by atoms with Crippen molar-refractivity contribution in [3.63, 3.8) is 0 Å². The van der Waals surface area contributed by atoms with E-state index >= 15 is 0 Å². The molecule has 0 aliphatic heterocycles. The quantitative estimate of drug-likeness (QED) is 0.689. The van der Waals surface area contributed by atoms with Crippen molar-refractivity contribution in [2.75, 3.05) is 29.2 Å². The maximum Gasteiger partial charge on any atom is 0.234 e. The number of benzene rings is 1. The van der Waals surface area contributed by atoms with Crippen molar-refractivity contribution in [1.82, 2.24) is 0 Å². The number of anilines is 2. The molecule has 0 aliphatic carbocycles. The van der Waals surface area contributed by atoms with Crippen LogP contribution in [0, 0.1) is 11.7 Å². The Bertz CT molecular complexity index is 415. The molecule has 0 bridgehead atoms. The second-order valence-electron chi connectivity index (χ2n) is 4.09. The molecule has 4 N–H and O–H groups in total. The number of nitrogen functional groups attached to an aromatic ring is 1. The van der Waals surface area contributed by atoms with Gasteiger partial charge < -0.3 is 16.2 Å². The average molecular weight is 272 g/mol. The lowest BCUT2D eigenvalue weighted by Gasteiger charge is -2.08. The molecule has 0 saturated carbocycles. The summed E-state index contributed by atoms with van der Waals surface area (Å²) in [5.41, 5.74) is 5.88. The van der Waals surface area contributed by atoms with Gasteiger partial charge in [-0.05, 0) is 29.9 Å². The van der Waals surface area contributed by atoms with Crippen molar-refractivity contribution in [2.45, 2.75) is 6.92 Å². The number of amides is 1. The standard InChI is InChI=1S/C12H17FN2O2S/c1-8(5-16)6-18-7-12(17)15-9-2-3-10(13)11(14)4-9/h2-4,8,16H,5-7,14H2,1H3,(H,15,17). The number of thioether (sulfide) groups is 1. The monoisotopic (exact) mass is 272 g/mol. The summed E-state index contributed by atoms with van der Waals surface area (Å²) in [7, 11) is 0. The number of halogens is 1. The first-order chi connectivity index (χ1) is 8.52. The number of rotatable bonds is 6. The zero-order valence-corrected chi connectivity index (χ0v) is 11.0. The van der Waals surface area contributed by atoms with Gasteiger partial charge in [0.2, 0.25) is 5.91 Å². The summed E-state index contributed by atoms with van der Waals surface area (Å²) in [5, 5.41) is 11.5. The first kappa shape index (κ1) is 14.8. The van der Waals surface area contributed by atoms with E-state index in [9.17, 15) is 9.18 Å². The minimum absolute atomic E-state index is 0.00866. The third kappa shape index (κ3) is 4.93. The summed E-state index contributed by atoms with van der Waals surface area (Å²) in [6.45, 7) is 2.02. The Hall–Kier alpha value is -1.27. The lowest BCUT2D eigenvalue weighted by Crippen LogP contribution is -2.16. The summed E-state index contributed by atoms with van der Waals surface area (Å²) in [6.07, 6.45) is 0. The molecule has 1 unspecified atom stereocenters. The number of aliphatic hydroxyl groups is 1. The molecule has 1 rings (SSSR count). The van der Waals surface area contributed by atoms with E-state index in [4.69, 9.17) is 10.8 Å². The van der Waals surface area contributed by atoms with Crippen molar-refractivity contribution in [3.8, 4) is 0 Å². The van der Waals surface area contributed by atoms with Crippen molar-refractivity contribution in [1.29, 1.82) is 0 Å². The van der Waals surface area contributed by atoms with Crippen LogP contribution in [0.4, 0.5) is 15.8 Å². The van der Waals surface area contributed by atoms with Crippen LogP contribution >= 0.6 is 11.8 Å². The highest BCUT2D eigenvalue weighted by Gasteiger charge is 2.06. The molecule has 0 saturated heterocycles. The highest BCUT2D eigenvalue weighted by atomic mass is 32.2. The molecule has 0 fully saturated rings. The Labute approximate surface area is 110 Å². The molecular weight excluding hydrogens is 255 g/mol. The maximum absolute atomic E-state index is 12.9. The van der Waals surface area contributed by atoms with Crippen molar-refractivity contribution in [3.05, 3.63) is 24.0 Å². The van der Waals surface area contributed by atoms with Gasteiger partial charge in [0.25, 0.3) is 0 Å². The van der Waals surface area contributed by atoms with E-state index in [1.54, 1.807) is 0 Å². The van der Waals surface area contributed by atoms with Crippen LogP contribution < -0.4 is 11.1 Å². The van der Waals surface area contributed by atoms with E-state index in [0.717, 1.165) is 5.75 Å². The predicted octanol–water partition coefficient (Wildman–Crippen LogP) is 1.71. The molecular formula is C12H17FN2O2S. The van der Waals surface area contributed by atoms with E-state index in [1.807, 2.05) is 6.92 Å². The number of carbonyl (C=O) groups excluding carboxylic acids is 1. The summed E-state index contributed by atoms with van der Waals surface area (Å²) >= 11 is 1.44. The zero-order chi connectivity index (χ0) is 13.5. The molecule has 1 aromatic rings. The first-order valence-corrected chi connectivity index (χ1v) is 6.72. The second-order valence-corrected chi connectivity index (χ2v) is 5.12. The summed E-state index contributed by atoms with van der Waals surface area (Å²) in [6, 6.07) is 4.06. The van der Waals surface area contributed by atoms with Gasteiger partial charge in [-0.2, -0.15) is 11.8 Å². The van der Waals surface area contributed by atoms with Gasteiger partial charge in [0.15, 0.2) is 0 Å². The minimum atomic E-state index is -0.501. The lowest BCUT2D eigenvalue weighted by atomic mass is 10.2. The molecule has 1 amide bonds. The molecule has 4 nitrogen and oxygen atoms in total. The molecule has 1 atom stereocenters. The SMILES string of the molecule is CC(CO)CSCC(=O)Nc1ccc(F)c(N)c1. The number of carbonyl (C=O) groups is 1. The van der Waals surface area contributed by atoms with Crippen LogP contribution in [0.5, 0.6) is 0 Å². The fourth-order valence-corrected chi connectivity index (χ4v) is 2.11. The van der Waals surface area contributed by atoms with E-state index in [-0.39, 0.29) is 24.1 Å². The first-order valence-electron chi connectivity index (χ1n) is 5.56. The Morgan fingerprint density at radius 2 is 2.33 bits per heavy atom. The molecule has 18 heavy (non-hydrogen) atoms. The van der Waals surface area contributed by atoms with Crippen molar-refractivity contribution in [2.24, 2.45) is 5.92 Å². The Balaban J connectivity index is 2.38. The molecule has 1 aromatic carbocycles.